The van der Waals surface area contributed by atoms with Crippen molar-refractivity contribution in [1.29, 1.82) is 0 Å². The largest absolute Gasteiger partial charge is 0.490 e. The molecule has 0 unspecified atom stereocenters. The Morgan fingerprint density at radius 2 is 1.71 bits per heavy atom. The maximum atomic E-state index is 11.9. The Balaban J connectivity index is 1.86. The smallest absolute Gasteiger partial charge is 0.338 e. The quantitative estimate of drug-likeness (QED) is 0.637. The molecule has 24 heavy (non-hydrogen) atoms. The van der Waals surface area contributed by atoms with Crippen LogP contribution in [0.1, 0.15) is 21.5 Å². The van der Waals surface area contributed by atoms with E-state index < -0.39 is 16.0 Å². The topological polar surface area (TPSA) is 95.7 Å². The molecule has 0 saturated carbocycles. The van der Waals surface area contributed by atoms with Crippen molar-refractivity contribution in [3.05, 3.63) is 59.2 Å². The summed E-state index contributed by atoms with van der Waals surface area (Å²) in [5.41, 5.74) is 2.34. The van der Waals surface area contributed by atoms with Gasteiger partial charge in [-0.3, -0.25) is 0 Å². The van der Waals surface area contributed by atoms with E-state index in [2.05, 4.69) is 0 Å². The molecule has 0 radical (unpaired) electrons. The van der Waals surface area contributed by atoms with E-state index in [-0.39, 0.29) is 23.7 Å². The van der Waals surface area contributed by atoms with E-state index in [4.69, 9.17) is 14.6 Å². The molecule has 6 nitrogen and oxygen atoms in total. The number of carbonyl (C=O) groups excluding carboxylic acids is 1. The van der Waals surface area contributed by atoms with Gasteiger partial charge in [-0.2, -0.15) is 0 Å². The lowest BCUT2D eigenvalue weighted by Crippen LogP contribution is -2.14. The summed E-state index contributed by atoms with van der Waals surface area (Å²) in [6.07, 6.45) is 0. The Morgan fingerprint density at radius 1 is 1.04 bits per heavy atom. The third-order valence-corrected chi connectivity index (χ3v) is 4.27. The molecular formula is C17H19NO5S. The Bertz CT molecular complexity index is 829. The van der Waals surface area contributed by atoms with Crippen molar-refractivity contribution in [2.24, 2.45) is 5.14 Å². The lowest BCUT2D eigenvalue weighted by molar-refractivity contribution is 0.0450. The maximum Gasteiger partial charge on any atom is 0.338 e. The number of rotatable bonds is 6. The Morgan fingerprint density at radius 3 is 2.33 bits per heavy atom. The molecule has 2 N–H and O–H groups in total. The van der Waals surface area contributed by atoms with E-state index in [9.17, 15) is 13.2 Å². The van der Waals surface area contributed by atoms with Gasteiger partial charge in [-0.15, -0.1) is 0 Å². The zero-order valence-corrected chi connectivity index (χ0v) is 14.3. The van der Waals surface area contributed by atoms with Gasteiger partial charge in [0.15, 0.2) is 0 Å². The van der Waals surface area contributed by atoms with Crippen LogP contribution in [0.3, 0.4) is 0 Å². The molecule has 0 heterocycles. The SMILES string of the molecule is Cc1ccc(C)c(OCCOC(=O)c2ccc(S(N)(=O)=O)cc2)c1. The highest BCUT2D eigenvalue weighted by Gasteiger charge is 2.11. The number of ether oxygens (including phenoxy) is 2. The molecule has 0 bridgehead atoms. The number of carbonyl (C=O) groups is 1. The molecule has 0 amide bonds. The van der Waals surface area contributed by atoms with Crippen molar-refractivity contribution in [3.8, 4) is 5.75 Å². The first-order chi connectivity index (χ1) is 11.3. The van der Waals surface area contributed by atoms with Crippen LogP contribution in [0.15, 0.2) is 47.4 Å². The summed E-state index contributed by atoms with van der Waals surface area (Å²) in [5, 5.41) is 5.00. The van der Waals surface area contributed by atoms with Crippen molar-refractivity contribution < 1.29 is 22.7 Å². The molecule has 0 aliphatic rings. The summed E-state index contributed by atoms with van der Waals surface area (Å²) in [6, 6.07) is 11.1. The molecule has 0 aliphatic carbocycles. The van der Waals surface area contributed by atoms with Crippen LogP contribution in [0.25, 0.3) is 0 Å². The summed E-state index contributed by atoms with van der Waals surface area (Å²) >= 11 is 0. The predicted octanol–water partition coefficient (Wildman–Crippen LogP) is 2.19. The second kappa shape index (κ2) is 7.46. The highest BCUT2D eigenvalue weighted by Crippen LogP contribution is 2.19. The monoisotopic (exact) mass is 349 g/mol. The lowest BCUT2D eigenvalue weighted by atomic mass is 10.1. The minimum Gasteiger partial charge on any atom is -0.490 e. The maximum absolute atomic E-state index is 11.9. The van der Waals surface area contributed by atoms with Crippen LogP contribution < -0.4 is 9.88 Å². The van der Waals surface area contributed by atoms with Gasteiger partial charge in [0, 0.05) is 0 Å². The average molecular weight is 349 g/mol. The minimum absolute atomic E-state index is 0.0581. The van der Waals surface area contributed by atoms with Crippen LogP contribution in [0.5, 0.6) is 5.75 Å². The van der Waals surface area contributed by atoms with E-state index in [0.29, 0.717) is 0 Å². The van der Waals surface area contributed by atoms with Crippen LogP contribution in [0.2, 0.25) is 0 Å². The van der Waals surface area contributed by atoms with Crippen molar-refractivity contribution in [2.45, 2.75) is 18.7 Å². The highest BCUT2D eigenvalue weighted by molar-refractivity contribution is 7.89. The van der Waals surface area contributed by atoms with Crippen LogP contribution >= 0.6 is 0 Å². The summed E-state index contributed by atoms with van der Waals surface area (Å²) < 4.78 is 33.0. The summed E-state index contributed by atoms with van der Waals surface area (Å²) in [7, 11) is -3.78. The van der Waals surface area contributed by atoms with Crippen molar-refractivity contribution >= 4 is 16.0 Å². The lowest BCUT2D eigenvalue weighted by Gasteiger charge is -2.10. The summed E-state index contributed by atoms with van der Waals surface area (Å²) in [4.78, 5) is 11.8. The Hall–Kier alpha value is -2.38. The number of sulfonamides is 1. The van der Waals surface area contributed by atoms with Gasteiger partial charge >= 0.3 is 5.97 Å². The van der Waals surface area contributed by atoms with E-state index >= 15 is 0 Å². The molecule has 2 aromatic rings. The van der Waals surface area contributed by atoms with Crippen molar-refractivity contribution in [3.63, 3.8) is 0 Å². The van der Waals surface area contributed by atoms with Crippen molar-refractivity contribution in [1.82, 2.24) is 0 Å². The molecule has 0 atom stereocenters. The third kappa shape index (κ3) is 4.81. The fourth-order valence-corrected chi connectivity index (χ4v) is 2.53. The average Bonchev–Trinajstić information content (AvgIpc) is 2.53. The highest BCUT2D eigenvalue weighted by atomic mass is 32.2. The zero-order valence-electron chi connectivity index (χ0n) is 13.5. The molecule has 0 saturated heterocycles. The van der Waals surface area contributed by atoms with E-state index in [1.54, 1.807) is 0 Å². The predicted molar refractivity (Wildman–Crippen MR) is 89.5 cm³/mol. The summed E-state index contributed by atoms with van der Waals surface area (Å²) in [6.45, 7) is 4.22. The van der Waals surface area contributed by atoms with Gasteiger partial charge in [0.1, 0.15) is 19.0 Å². The van der Waals surface area contributed by atoms with E-state index in [1.807, 2.05) is 32.0 Å². The molecule has 128 valence electrons. The fraction of sp³-hybridized carbons (Fsp3) is 0.235. The molecule has 0 fully saturated rings. The second-order valence-electron chi connectivity index (χ2n) is 5.32. The minimum atomic E-state index is -3.78. The molecule has 2 rings (SSSR count). The fourth-order valence-electron chi connectivity index (χ4n) is 2.01. The third-order valence-electron chi connectivity index (χ3n) is 3.34. The van der Waals surface area contributed by atoms with Crippen LogP contribution in [-0.2, 0) is 14.8 Å². The number of nitrogens with two attached hydrogens (primary N) is 1. The van der Waals surface area contributed by atoms with Gasteiger partial charge in [0.2, 0.25) is 10.0 Å². The van der Waals surface area contributed by atoms with Gasteiger partial charge in [-0.1, -0.05) is 12.1 Å². The number of primary sulfonamides is 1. The first-order valence-corrected chi connectivity index (χ1v) is 8.82. The van der Waals surface area contributed by atoms with Crippen LogP contribution in [0, 0.1) is 13.8 Å². The van der Waals surface area contributed by atoms with E-state index in [1.165, 1.54) is 24.3 Å². The first kappa shape index (κ1) is 18.0. The first-order valence-electron chi connectivity index (χ1n) is 7.27. The van der Waals surface area contributed by atoms with Crippen LogP contribution in [0.4, 0.5) is 0 Å². The molecule has 2 aromatic carbocycles. The van der Waals surface area contributed by atoms with Gasteiger partial charge in [-0.25, -0.2) is 18.4 Å². The Kier molecular flexibility index (Phi) is 5.58. The van der Waals surface area contributed by atoms with Crippen LogP contribution in [-0.4, -0.2) is 27.6 Å². The molecule has 0 aromatic heterocycles. The molecule has 0 aliphatic heterocycles. The van der Waals surface area contributed by atoms with Crippen molar-refractivity contribution in [2.75, 3.05) is 13.2 Å². The molecule has 0 spiro atoms. The Labute approximate surface area is 141 Å². The van der Waals surface area contributed by atoms with Gasteiger partial charge in [-0.05, 0) is 55.3 Å². The molecule has 7 heteroatoms. The second-order valence-corrected chi connectivity index (χ2v) is 6.88. The number of benzene rings is 2. The van der Waals surface area contributed by atoms with Gasteiger partial charge in [0.25, 0.3) is 0 Å². The van der Waals surface area contributed by atoms with Gasteiger partial charge in [0.05, 0.1) is 10.5 Å². The number of aryl methyl sites for hydroxylation is 2. The normalized spacial score (nSPS) is 11.1. The zero-order chi connectivity index (χ0) is 17.7. The number of hydrogen-bond acceptors (Lipinski definition) is 5. The molecular weight excluding hydrogens is 330 g/mol. The van der Waals surface area contributed by atoms with Gasteiger partial charge < -0.3 is 9.47 Å². The number of esters is 1. The number of hydrogen-bond donors (Lipinski definition) is 1. The standard InChI is InChI=1S/C17H19NO5S/c1-12-3-4-13(2)16(11-12)22-9-10-23-17(19)14-5-7-15(8-6-14)24(18,20)21/h3-8,11H,9-10H2,1-2H3,(H2,18,20,21). The van der Waals surface area contributed by atoms with E-state index in [0.717, 1.165) is 16.9 Å². The summed E-state index contributed by atoms with van der Waals surface area (Å²) in [5.74, 6) is 0.198.